The largest absolute Gasteiger partial charge is 0.325 e. The van der Waals surface area contributed by atoms with Crippen LogP contribution in [-0.2, 0) is 26.7 Å². The average Bonchev–Trinajstić information content (AvgIpc) is 2.86. The molecule has 1 fully saturated rings. The van der Waals surface area contributed by atoms with Crippen LogP contribution in [0.3, 0.4) is 0 Å². The molecule has 0 saturated carbocycles. The van der Waals surface area contributed by atoms with Crippen molar-refractivity contribution in [3.05, 3.63) is 65.2 Å². The van der Waals surface area contributed by atoms with Gasteiger partial charge in [0.15, 0.2) is 9.84 Å². The molecule has 8 heteroatoms. The third kappa shape index (κ3) is 3.41. The monoisotopic (exact) mass is 383 g/mol. The number of urea groups is 1. The Morgan fingerprint density at radius 3 is 2.19 bits per heavy atom. The number of benzene rings is 2. The second-order valence-corrected chi connectivity index (χ2v) is 8.57. The van der Waals surface area contributed by atoms with Gasteiger partial charge in [-0.1, -0.05) is 24.3 Å². The van der Waals surface area contributed by atoms with Crippen LogP contribution in [0.1, 0.15) is 23.6 Å². The number of nitrogens with one attached hydrogen (secondary N) is 1. The number of sulfone groups is 1. The molecular formula is C19H17N3O4S. The van der Waals surface area contributed by atoms with Gasteiger partial charge in [0.05, 0.1) is 23.1 Å². The molecule has 27 heavy (non-hydrogen) atoms. The molecule has 1 aliphatic rings. The van der Waals surface area contributed by atoms with Gasteiger partial charge < -0.3 is 5.32 Å². The van der Waals surface area contributed by atoms with E-state index >= 15 is 0 Å². The zero-order valence-corrected chi connectivity index (χ0v) is 15.6. The van der Waals surface area contributed by atoms with E-state index in [0.29, 0.717) is 16.7 Å². The van der Waals surface area contributed by atoms with Gasteiger partial charge in [0.25, 0.3) is 5.91 Å². The number of amides is 3. The molecule has 0 aliphatic carbocycles. The Morgan fingerprint density at radius 2 is 1.67 bits per heavy atom. The number of hydrogen-bond donors (Lipinski definition) is 1. The first-order chi connectivity index (χ1) is 12.6. The highest BCUT2D eigenvalue weighted by atomic mass is 32.2. The summed E-state index contributed by atoms with van der Waals surface area (Å²) in [5.74, 6) is -0.427. The lowest BCUT2D eigenvalue weighted by Crippen LogP contribution is -2.40. The smallest absolute Gasteiger partial charge is 0.319 e. The molecule has 7 nitrogen and oxygen atoms in total. The van der Waals surface area contributed by atoms with E-state index in [1.807, 2.05) is 6.07 Å². The molecule has 1 heterocycles. The predicted octanol–water partition coefficient (Wildman–Crippen LogP) is 1.93. The molecule has 1 aliphatic heterocycles. The van der Waals surface area contributed by atoms with Gasteiger partial charge in [-0.2, -0.15) is 5.26 Å². The van der Waals surface area contributed by atoms with E-state index < -0.39 is 27.3 Å². The summed E-state index contributed by atoms with van der Waals surface area (Å²) in [6.07, 6.45) is 1.10. The Hall–Kier alpha value is -3.18. The first kappa shape index (κ1) is 18.6. The Balaban J connectivity index is 1.86. The first-order valence-electron chi connectivity index (χ1n) is 8.09. The molecule has 1 unspecified atom stereocenters. The van der Waals surface area contributed by atoms with Crippen molar-refractivity contribution in [3.63, 3.8) is 0 Å². The summed E-state index contributed by atoms with van der Waals surface area (Å²) in [4.78, 5) is 26.5. The Labute approximate surface area is 157 Å². The third-order valence-corrected chi connectivity index (χ3v) is 5.69. The van der Waals surface area contributed by atoms with Crippen LogP contribution < -0.4 is 5.32 Å². The number of carbonyl (C=O) groups is 2. The fraction of sp³-hybridized carbons (Fsp3) is 0.211. The minimum absolute atomic E-state index is 0.0768. The molecule has 1 atom stereocenters. The topological polar surface area (TPSA) is 107 Å². The van der Waals surface area contributed by atoms with Gasteiger partial charge in [-0.25, -0.2) is 13.2 Å². The zero-order valence-electron chi connectivity index (χ0n) is 14.8. The number of hydrogen-bond acceptors (Lipinski definition) is 5. The Kier molecular flexibility index (Phi) is 4.49. The van der Waals surface area contributed by atoms with Crippen molar-refractivity contribution < 1.29 is 18.0 Å². The quantitative estimate of drug-likeness (QED) is 0.812. The van der Waals surface area contributed by atoms with Crippen molar-refractivity contribution in [2.45, 2.75) is 23.9 Å². The van der Waals surface area contributed by atoms with Gasteiger partial charge in [-0.15, -0.1) is 0 Å². The molecule has 3 rings (SSSR count). The first-order valence-corrected chi connectivity index (χ1v) is 9.98. The second kappa shape index (κ2) is 6.52. The number of rotatable bonds is 4. The van der Waals surface area contributed by atoms with Crippen LogP contribution in [0, 0.1) is 11.3 Å². The second-order valence-electron chi connectivity index (χ2n) is 6.55. The Bertz CT molecular complexity index is 1050. The van der Waals surface area contributed by atoms with Crippen molar-refractivity contribution in [2.75, 3.05) is 6.26 Å². The lowest BCUT2D eigenvalue weighted by Gasteiger charge is -2.22. The minimum atomic E-state index is -3.35. The summed E-state index contributed by atoms with van der Waals surface area (Å²) in [6.45, 7) is 1.66. The van der Waals surface area contributed by atoms with Crippen LogP contribution in [0.15, 0.2) is 53.4 Å². The number of nitriles is 1. The van der Waals surface area contributed by atoms with E-state index in [1.165, 1.54) is 24.3 Å². The molecular weight excluding hydrogens is 366 g/mol. The maximum absolute atomic E-state index is 12.9. The molecule has 1 N–H and O–H groups in total. The van der Waals surface area contributed by atoms with Gasteiger partial charge in [0.2, 0.25) is 0 Å². The summed E-state index contributed by atoms with van der Waals surface area (Å²) in [7, 11) is -3.35. The van der Waals surface area contributed by atoms with Crippen LogP contribution in [0.4, 0.5) is 4.79 Å². The van der Waals surface area contributed by atoms with Crippen molar-refractivity contribution in [1.29, 1.82) is 5.26 Å². The standard InChI is InChI=1S/C19H17N3O4S/c1-19(15-7-9-16(10-8-15)27(2,25)26)17(23)22(18(24)21-19)12-14-5-3-13(11-20)4-6-14/h3-10H,12H2,1-2H3,(H,21,24). The van der Waals surface area contributed by atoms with Crippen LogP contribution >= 0.6 is 0 Å². The highest BCUT2D eigenvalue weighted by Crippen LogP contribution is 2.30. The minimum Gasteiger partial charge on any atom is -0.319 e. The molecule has 3 amide bonds. The fourth-order valence-corrected chi connectivity index (χ4v) is 3.57. The summed E-state index contributed by atoms with van der Waals surface area (Å²) < 4.78 is 23.2. The molecule has 1 saturated heterocycles. The summed E-state index contributed by atoms with van der Waals surface area (Å²) in [5.41, 5.74) is 0.427. The summed E-state index contributed by atoms with van der Waals surface area (Å²) in [5, 5.41) is 11.5. The highest BCUT2D eigenvalue weighted by molar-refractivity contribution is 7.90. The van der Waals surface area contributed by atoms with Crippen molar-refractivity contribution in [2.24, 2.45) is 0 Å². The number of nitrogens with zero attached hydrogens (tertiary/aromatic N) is 2. The predicted molar refractivity (Wildman–Crippen MR) is 97.1 cm³/mol. The van der Waals surface area contributed by atoms with Gasteiger partial charge in [0.1, 0.15) is 5.54 Å². The van der Waals surface area contributed by atoms with Crippen LogP contribution in [-0.4, -0.2) is 31.5 Å². The van der Waals surface area contributed by atoms with Gasteiger partial charge in [-0.05, 0) is 42.3 Å². The molecule has 138 valence electrons. The van der Waals surface area contributed by atoms with E-state index in [-0.39, 0.29) is 11.4 Å². The normalized spacial score (nSPS) is 19.7. The van der Waals surface area contributed by atoms with Gasteiger partial charge in [-0.3, -0.25) is 9.69 Å². The van der Waals surface area contributed by atoms with E-state index in [2.05, 4.69) is 5.32 Å². The number of carbonyl (C=O) groups excluding carboxylic acids is 2. The van der Waals surface area contributed by atoms with Crippen molar-refractivity contribution in [3.8, 4) is 6.07 Å². The Morgan fingerprint density at radius 1 is 1.07 bits per heavy atom. The number of imide groups is 1. The van der Waals surface area contributed by atoms with Crippen molar-refractivity contribution >= 4 is 21.8 Å². The average molecular weight is 383 g/mol. The van der Waals surface area contributed by atoms with E-state index in [4.69, 9.17) is 5.26 Å². The molecule has 0 radical (unpaired) electrons. The van der Waals surface area contributed by atoms with Crippen LogP contribution in [0.5, 0.6) is 0 Å². The van der Waals surface area contributed by atoms with Gasteiger partial charge >= 0.3 is 6.03 Å². The molecule has 2 aromatic rings. The van der Waals surface area contributed by atoms with Crippen LogP contribution in [0.2, 0.25) is 0 Å². The third-order valence-electron chi connectivity index (χ3n) is 4.56. The SMILES string of the molecule is CC1(c2ccc(S(C)(=O)=O)cc2)NC(=O)N(Cc2ccc(C#N)cc2)C1=O. The molecule has 0 spiro atoms. The van der Waals surface area contributed by atoms with E-state index in [9.17, 15) is 18.0 Å². The highest BCUT2D eigenvalue weighted by Gasteiger charge is 2.48. The van der Waals surface area contributed by atoms with Crippen molar-refractivity contribution in [1.82, 2.24) is 10.2 Å². The summed E-state index contributed by atoms with van der Waals surface area (Å²) in [6, 6.07) is 14.0. The van der Waals surface area contributed by atoms with Crippen LogP contribution in [0.25, 0.3) is 0 Å². The lowest BCUT2D eigenvalue weighted by molar-refractivity contribution is -0.131. The molecule has 2 aromatic carbocycles. The van der Waals surface area contributed by atoms with E-state index in [1.54, 1.807) is 31.2 Å². The maximum Gasteiger partial charge on any atom is 0.325 e. The molecule has 0 aromatic heterocycles. The summed E-state index contributed by atoms with van der Waals surface area (Å²) >= 11 is 0. The zero-order chi connectivity index (χ0) is 19.8. The van der Waals surface area contributed by atoms with Gasteiger partial charge in [0, 0.05) is 6.26 Å². The lowest BCUT2D eigenvalue weighted by atomic mass is 9.92. The molecule has 0 bridgehead atoms. The van der Waals surface area contributed by atoms with E-state index in [0.717, 1.165) is 11.2 Å². The fourth-order valence-electron chi connectivity index (χ4n) is 2.94. The maximum atomic E-state index is 12.9.